The minimum Gasteiger partial charge on any atom is -0.334 e. The van der Waals surface area contributed by atoms with Gasteiger partial charge in [0.1, 0.15) is 0 Å². The smallest absolute Gasteiger partial charge is 0.254 e. The molecule has 0 atom stereocenters. The summed E-state index contributed by atoms with van der Waals surface area (Å²) in [6.07, 6.45) is 2.72. The van der Waals surface area contributed by atoms with E-state index < -0.39 is 0 Å². The normalized spacial score (nSPS) is 14.2. The minimum absolute atomic E-state index is 0.102. The molecule has 1 amide bonds. The van der Waals surface area contributed by atoms with Crippen molar-refractivity contribution in [1.82, 2.24) is 9.88 Å². The van der Waals surface area contributed by atoms with Crippen LogP contribution >= 0.6 is 11.3 Å². The van der Waals surface area contributed by atoms with Crippen molar-refractivity contribution in [3.05, 3.63) is 64.0 Å². The molecule has 1 aromatic carbocycles. The summed E-state index contributed by atoms with van der Waals surface area (Å²) in [7, 11) is 0. The van der Waals surface area contributed by atoms with Crippen LogP contribution < -0.4 is 0 Å². The van der Waals surface area contributed by atoms with Crippen LogP contribution in [0.1, 0.15) is 20.8 Å². The predicted octanol–water partition coefficient (Wildman–Crippen LogP) is 3.49. The summed E-state index contributed by atoms with van der Waals surface area (Å²) in [5.41, 5.74) is 2.91. The van der Waals surface area contributed by atoms with Crippen molar-refractivity contribution in [2.45, 2.75) is 13.0 Å². The molecule has 1 aliphatic heterocycles. The number of carbonyl (C=O) groups excluding carboxylic acids is 1. The number of thiophene rings is 1. The van der Waals surface area contributed by atoms with E-state index in [0.717, 1.165) is 29.4 Å². The Morgan fingerprint density at radius 3 is 3.10 bits per heavy atom. The maximum absolute atomic E-state index is 12.8. The van der Waals surface area contributed by atoms with Gasteiger partial charge in [-0.2, -0.15) is 0 Å². The molecule has 3 nitrogen and oxygen atoms in total. The summed E-state index contributed by atoms with van der Waals surface area (Å²) < 4.78 is 0. The Labute approximate surface area is 126 Å². The fourth-order valence-electron chi connectivity index (χ4n) is 2.88. The third kappa shape index (κ3) is 2.12. The van der Waals surface area contributed by atoms with Gasteiger partial charge < -0.3 is 4.90 Å². The molecule has 0 saturated heterocycles. The highest BCUT2D eigenvalue weighted by Gasteiger charge is 2.23. The van der Waals surface area contributed by atoms with Crippen molar-refractivity contribution in [3.63, 3.8) is 0 Å². The lowest BCUT2D eigenvalue weighted by Gasteiger charge is -2.27. The fourth-order valence-corrected chi connectivity index (χ4v) is 3.77. The number of rotatable bonds is 1. The summed E-state index contributed by atoms with van der Waals surface area (Å²) in [5.74, 6) is 0.102. The molecule has 0 fully saturated rings. The topological polar surface area (TPSA) is 33.2 Å². The number of fused-ring (bicyclic) bond motifs is 2. The molecule has 0 radical (unpaired) electrons. The minimum atomic E-state index is 0.102. The average molecular weight is 294 g/mol. The number of pyridine rings is 1. The number of aromatic nitrogens is 1. The quantitative estimate of drug-likeness (QED) is 0.688. The third-order valence-electron chi connectivity index (χ3n) is 3.97. The molecule has 0 saturated carbocycles. The summed E-state index contributed by atoms with van der Waals surface area (Å²) in [6.45, 7) is 1.51. The Bertz CT molecular complexity index is 819. The number of hydrogen-bond acceptors (Lipinski definition) is 3. The van der Waals surface area contributed by atoms with Crippen LogP contribution in [0.5, 0.6) is 0 Å². The number of hydrogen-bond donors (Lipinski definition) is 0. The van der Waals surface area contributed by atoms with Gasteiger partial charge >= 0.3 is 0 Å². The molecular weight excluding hydrogens is 280 g/mol. The van der Waals surface area contributed by atoms with E-state index >= 15 is 0 Å². The summed E-state index contributed by atoms with van der Waals surface area (Å²) in [5, 5.41) is 3.04. The number of benzene rings is 1. The van der Waals surface area contributed by atoms with Crippen LogP contribution in [0.4, 0.5) is 0 Å². The predicted molar refractivity (Wildman–Crippen MR) is 84.5 cm³/mol. The molecule has 0 unspecified atom stereocenters. The van der Waals surface area contributed by atoms with E-state index in [4.69, 9.17) is 0 Å². The van der Waals surface area contributed by atoms with Crippen LogP contribution in [-0.2, 0) is 13.0 Å². The first-order valence-corrected chi connectivity index (χ1v) is 7.89. The zero-order valence-electron chi connectivity index (χ0n) is 11.5. The highest BCUT2D eigenvalue weighted by molar-refractivity contribution is 7.10. The second kappa shape index (κ2) is 4.97. The maximum atomic E-state index is 12.8. The van der Waals surface area contributed by atoms with Gasteiger partial charge in [0.05, 0.1) is 5.52 Å². The molecule has 0 N–H and O–H groups in total. The first-order valence-electron chi connectivity index (χ1n) is 7.01. The molecule has 2 aromatic heterocycles. The highest BCUT2D eigenvalue weighted by Crippen LogP contribution is 2.26. The molecule has 1 aliphatic rings. The SMILES string of the molecule is O=C(c1cccc2ncccc12)N1CCc2sccc2C1. The lowest BCUT2D eigenvalue weighted by Crippen LogP contribution is -2.35. The van der Waals surface area contributed by atoms with E-state index in [1.54, 1.807) is 17.5 Å². The molecule has 4 heteroatoms. The van der Waals surface area contributed by atoms with Gasteiger partial charge in [0, 0.05) is 35.1 Å². The Morgan fingerprint density at radius 1 is 1.19 bits per heavy atom. The summed E-state index contributed by atoms with van der Waals surface area (Å²) in [4.78, 5) is 20.5. The molecule has 104 valence electrons. The Balaban J connectivity index is 1.71. The van der Waals surface area contributed by atoms with Crippen LogP contribution in [0, 0.1) is 0 Å². The van der Waals surface area contributed by atoms with Crippen molar-refractivity contribution in [2.24, 2.45) is 0 Å². The fraction of sp³-hybridized carbons (Fsp3) is 0.176. The molecule has 4 rings (SSSR count). The second-order valence-electron chi connectivity index (χ2n) is 5.22. The highest BCUT2D eigenvalue weighted by atomic mass is 32.1. The van der Waals surface area contributed by atoms with E-state index in [9.17, 15) is 4.79 Å². The third-order valence-corrected chi connectivity index (χ3v) is 4.99. The lowest BCUT2D eigenvalue weighted by molar-refractivity contribution is 0.0738. The van der Waals surface area contributed by atoms with Crippen molar-refractivity contribution in [3.8, 4) is 0 Å². The van der Waals surface area contributed by atoms with Crippen LogP contribution in [-0.4, -0.2) is 22.3 Å². The lowest BCUT2D eigenvalue weighted by atomic mass is 10.0. The monoisotopic (exact) mass is 294 g/mol. The molecule has 21 heavy (non-hydrogen) atoms. The van der Waals surface area contributed by atoms with Gasteiger partial charge in [0.15, 0.2) is 0 Å². The summed E-state index contributed by atoms with van der Waals surface area (Å²) >= 11 is 1.79. The van der Waals surface area contributed by atoms with E-state index in [1.807, 2.05) is 35.2 Å². The largest absolute Gasteiger partial charge is 0.334 e. The van der Waals surface area contributed by atoms with E-state index in [0.29, 0.717) is 6.54 Å². The first kappa shape index (κ1) is 12.5. The molecule has 3 aromatic rings. The van der Waals surface area contributed by atoms with Crippen LogP contribution in [0.3, 0.4) is 0 Å². The summed E-state index contributed by atoms with van der Waals surface area (Å²) in [6, 6.07) is 11.7. The van der Waals surface area contributed by atoms with E-state index in [-0.39, 0.29) is 5.91 Å². The van der Waals surface area contributed by atoms with Crippen molar-refractivity contribution >= 4 is 28.1 Å². The Hall–Kier alpha value is -2.20. The maximum Gasteiger partial charge on any atom is 0.254 e. The number of nitrogens with zero attached hydrogens (tertiary/aromatic N) is 2. The van der Waals surface area contributed by atoms with Crippen LogP contribution in [0.2, 0.25) is 0 Å². The van der Waals surface area contributed by atoms with Crippen molar-refractivity contribution < 1.29 is 4.79 Å². The van der Waals surface area contributed by atoms with Crippen molar-refractivity contribution in [2.75, 3.05) is 6.54 Å². The average Bonchev–Trinajstić information content (AvgIpc) is 3.01. The van der Waals surface area contributed by atoms with Gasteiger partial charge in [0.2, 0.25) is 0 Å². The first-order chi connectivity index (χ1) is 10.3. The van der Waals surface area contributed by atoms with Gasteiger partial charge in [0.25, 0.3) is 5.91 Å². The molecule has 3 heterocycles. The van der Waals surface area contributed by atoms with Crippen LogP contribution in [0.15, 0.2) is 48.0 Å². The van der Waals surface area contributed by atoms with Crippen LogP contribution in [0.25, 0.3) is 10.9 Å². The van der Waals surface area contributed by atoms with Gasteiger partial charge in [-0.1, -0.05) is 12.1 Å². The van der Waals surface area contributed by atoms with Gasteiger partial charge in [-0.15, -0.1) is 11.3 Å². The molecule has 0 aliphatic carbocycles. The van der Waals surface area contributed by atoms with Gasteiger partial charge in [-0.3, -0.25) is 9.78 Å². The Morgan fingerprint density at radius 2 is 2.14 bits per heavy atom. The zero-order valence-corrected chi connectivity index (χ0v) is 12.3. The molecular formula is C17H14N2OS. The van der Waals surface area contributed by atoms with Gasteiger partial charge in [-0.05, 0) is 41.6 Å². The molecule has 0 bridgehead atoms. The van der Waals surface area contributed by atoms with Gasteiger partial charge in [-0.25, -0.2) is 0 Å². The Kier molecular flexibility index (Phi) is 2.97. The van der Waals surface area contributed by atoms with E-state index in [1.165, 1.54) is 10.4 Å². The van der Waals surface area contributed by atoms with Crippen molar-refractivity contribution in [1.29, 1.82) is 0 Å². The number of amides is 1. The van der Waals surface area contributed by atoms with E-state index in [2.05, 4.69) is 16.4 Å². The number of carbonyl (C=O) groups is 1. The zero-order chi connectivity index (χ0) is 14.2. The standard InChI is InChI=1S/C17H14N2OS/c20-17(19-9-6-16-12(11-19)7-10-21-16)14-3-1-5-15-13(14)4-2-8-18-15/h1-5,7-8,10H,6,9,11H2. The molecule has 0 spiro atoms. The second-order valence-corrected chi connectivity index (χ2v) is 6.22.